The zero-order chi connectivity index (χ0) is 25.3. The van der Waals surface area contributed by atoms with E-state index in [2.05, 4.69) is 0 Å². The summed E-state index contributed by atoms with van der Waals surface area (Å²) in [5, 5.41) is 11.3. The number of hydrogen-bond donors (Lipinski definition) is 0. The summed E-state index contributed by atoms with van der Waals surface area (Å²) in [4.78, 5) is 39.2. The molecule has 0 unspecified atom stereocenters. The Kier molecular flexibility index (Phi) is 6.24. The first-order chi connectivity index (χ1) is 16.8. The molecule has 1 amide bonds. The van der Waals surface area contributed by atoms with Crippen molar-refractivity contribution in [2.24, 2.45) is 0 Å². The number of amides is 1. The molecule has 0 aliphatic heterocycles. The van der Waals surface area contributed by atoms with Crippen LogP contribution in [0.4, 0.5) is 11.4 Å². The molecule has 0 bridgehead atoms. The molecule has 4 rings (SSSR count). The summed E-state index contributed by atoms with van der Waals surface area (Å²) in [6.07, 6.45) is 1.74. The van der Waals surface area contributed by atoms with Gasteiger partial charge in [-0.05, 0) is 49.4 Å². The lowest BCUT2D eigenvalue weighted by molar-refractivity contribution is -0.385. The van der Waals surface area contributed by atoms with Crippen molar-refractivity contribution in [2.45, 2.75) is 6.92 Å². The number of methoxy groups -OCH3 is 2. The lowest BCUT2D eigenvalue weighted by Gasteiger charge is -2.18. The van der Waals surface area contributed by atoms with E-state index in [1.807, 2.05) is 12.1 Å². The highest BCUT2D eigenvalue weighted by Gasteiger charge is 2.27. The molecule has 178 valence electrons. The van der Waals surface area contributed by atoms with Crippen LogP contribution in [0, 0.1) is 17.0 Å². The maximum Gasteiger partial charge on any atom is 0.310 e. The molecule has 0 N–H and O–H groups in total. The van der Waals surface area contributed by atoms with Gasteiger partial charge in [-0.25, -0.2) is 0 Å². The molecule has 4 aromatic rings. The third kappa shape index (κ3) is 4.08. The quantitative estimate of drug-likeness (QED) is 0.219. The van der Waals surface area contributed by atoms with Crippen LogP contribution < -0.4 is 14.4 Å². The number of carbonyl (C=O) groups excluding carboxylic acids is 2. The molecule has 0 atom stereocenters. The molecule has 0 fully saturated rings. The van der Waals surface area contributed by atoms with Crippen LogP contribution in [0.15, 0.2) is 66.9 Å². The van der Waals surface area contributed by atoms with Gasteiger partial charge in [0.05, 0.1) is 36.0 Å². The molecule has 0 saturated heterocycles. The summed E-state index contributed by atoms with van der Waals surface area (Å²) in [5.74, 6) is -0.0691. The van der Waals surface area contributed by atoms with E-state index in [4.69, 9.17) is 9.47 Å². The molecule has 0 aliphatic carbocycles. The van der Waals surface area contributed by atoms with Crippen molar-refractivity contribution in [1.82, 2.24) is 4.40 Å². The summed E-state index contributed by atoms with van der Waals surface area (Å²) in [5.41, 5.74) is 2.62. The Morgan fingerprint density at radius 3 is 2.43 bits per heavy atom. The third-order valence-electron chi connectivity index (χ3n) is 5.86. The van der Waals surface area contributed by atoms with Gasteiger partial charge >= 0.3 is 5.69 Å². The number of aromatic nitrogens is 1. The predicted octanol–water partition coefficient (Wildman–Crippen LogP) is 4.68. The van der Waals surface area contributed by atoms with Crippen LogP contribution in [0.5, 0.6) is 11.5 Å². The van der Waals surface area contributed by atoms with Gasteiger partial charge in [-0.3, -0.25) is 19.7 Å². The lowest BCUT2D eigenvalue weighted by atomic mass is 10.0. The summed E-state index contributed by atoms with van der Waals surface area (Å²) >= 11 is 0. The van der Waals surface area contributed by atoms with Crippen LogP contribution in [-0.4, -0.2) is 42.3 Å². The number of fused-ring (bicyclic) bond motifs is 1. The lowest BCUT2D eigenvalue weighted by Crippen LogP contribution is -2.26. The Morgan fingerprint density at radius 2 is 1.74 bits per heavy atom. The fourth-order valence-electron chi connectivity index (χ4n) is 4.18. The molecule has 0 saturated carbocycles. The fourth-order valence-corrected chi connectivity index (χ4v) is 4.18. The summed E-state index contributed by atoms with van der Waals surface area (Å²) in [6, 6.07) is 16.3. The first-order valence-corrected chi connectivity index (χ1v) is 10.7. The molecule has 0 spiro atoms. The Morgan fingerprint density at radius 1 is 0.971 bits per heavy atom. The Labute approximate surface area is 201 Å². The standard InChI is InChI=1S/C26H23N3O6/c1-16-23(27(2)26(31)18-8-7-9-19(14-18)34-3)21-10-5-6-13-28(21)24(16)25(30)17-11-12-20(29(32)33)22(15-17)35-4/h5-15H,1-4H3. The number of anilines is 1. The van der Waals surface area contributed by atoms with Gasteiger partial charge in [-0.2, -0.15) is 0 Å². The van der Waals surface area contributed by atoms with E-state index in [1.54, 1.807) is 54.9 Å². The van der Waals surface area contributed by atoms with Gasteiger partial charge in [0.15, 0.2) is 5.75 Å². The third-order valence-corrected chi connectivity index (χ3v) is 5.86. The largest absolute Gasteiger partial charge is 0.497 e. The molecule has 35 heavy (non-hydrogen) atoms. The molecule has 0 radical (unpaired) electrons. The maximum atomic E-state index is 13.6. The second kappa shape index (κ2) is 9.30. The SMILES string of the molecule is COc1cccc(C(=O)N(C)c2c(C)c(C(=O)c3ccc([N+](=O)[O-])c(OC)c3)n3ccccc23)c1. The number of nitro groups is 1. The van der Waals surface area contributed by atoms with E-state index >= 15 is 0 Å². The van der Waals surface area contributed by atoms with Gasteiger partial charge in [-0.15, -0.1) is 0 Å². The molecular weight excluding hydrogens is 450 g/mol. The first-order valence-electron chi connectivity index (χ1n) is 10.7. The Balaban J connectivity index is 1.83. The van der Waals surface area contributed by atoms with Crippen molar-refractivity contribution in [3.8, 4) is 11.5 Å². The van der Waals surface area contributed by atoms with Gasteiger partial charge in [0.25, 0.3) is 5.91 Å². The second-order valence-corrected chi connectivity index (χ2v) is 7.85. The number of ether oxygens (including phenoxy) is 2. The van der Waals surface area contributed by atoms with Crippen molar-refractivity contribution in [2.75, 3.05) is 26.2 Å². The van der Waals surface area contributed by atoms with Crippen LogP contribution in [0.2, 0.25) is 0 Å². The van der Waals surface area contributed by atoms with Gasteiger partial charge in [-0.1, -0.05) is 12.1 Å². The Bertz CT molecular complexity index is 1470. The van der Waals surface area contributed by atoms with E-state index in [1.165, 1.54) is 37.3 Å². The highest BCUT2D eigenvalue weighted by molar-refractivity contribution is 6.14. The summed E-state index contributed by atoms with van der Waals surface area (Å²) < 4.78 is 12.1. The van der Waals surface area contributed by atoms with Crippen molar-refractivity contribution >= 4 is 28.6 Å². The highest BCUT2D eigenvalue weighted by Crippen LogP contribution is 2.35. The van der Waals surface area contributed by atoms with Crippen molar-refractivity contribution in [1.29, 1.82) is 0 Å². The van der Waals surface area contributed by atoms with Crippen LogP contribution in [0.25, 0.3) is 5.52 Å². The molecule has 2 aromatic heterocycles. The second-order valence-electron chi connectivity index (χ2n) is 7.85. The molecule has 9 heteroatoms. The molecule has 9 nitrogen and oxygen atoms in total. The minimum Gasteiger partial charge on any atom is -0.497 e. The Hall–Kier alpha value is -4.66. The molecule has 2 aromatic carbocycles. The van der Waals surface area contributed by atoms with Crippen LogP contribution in [-0.2, 0) is 0 Å². The first kappa shape index (κ1) is 23.5. The molecule has 0 aliphatic rings. The normalized spacial score (nSPS) is 10.7. The van der Waals surface area contributed by atoms with Crippen LogP contribution in [0.3, 0.4) is 0 Å². The van der Waals surface area contributed by atoms with E-state index in [9.17, 15) is 19.7 Å². The van der Waals surface area contributed by atoms with Crippen molar-refractivity contribution in [3.05, 3.63) is 99.4 Å². The van der Waals surface area contributed by atoms with Gasteiger partial charge < -0.3 is 18.8 Å². The number of pyridine rings is 1. The molecular formula is C26H23N3O6. The van der Waals surface area contributed by atoms with Gasteiger partial charge in [0, 0.05) is 36.0 Å². The zero-order valence-corrected chi connectivity index (χ0v) is 19.6. The van der Waals surface area contributed by atoms with E-state index < -0.39 is 4.92 Å². The van der Waals surface area contributed by atoms with Gasteiger partial charge in [0.1, 0.15) is 5.75 Å². The topological polar surface area (TPSA) is 103 Å². The number of nitro benzene ring substituents is 1. The average Bonchev–Trinajstić information content (AvgIpc) is 3.18. The minimum absolute atomic E-state index is 0.00934. The number of rotatable bonds is 7. The highest BCUT2D eigenvalue weighted by atomic mass is 16.6. The fraction of sp³-hybridized carbons (Fsp3) is 0.154. The number of benzene rings is 2. The average molecular weight is 473 g/mol. The number of carbonyl (C=O) groups is 2. The van der Waals surface area contributed by atoms with Crippen molar-refractivity contribution < 1.29 is 24.0 Å². The van der Waals surface area contributed by atoms with E-state index in [0.29, 0.717) is 33.8 Å². The monoisotopic (exact) mass is 473 g/mol. The number of nitrogens with zero attached hydrogens (tertiary/aromatic N) is 3. The smallest absolute Gasteiger partial charge is 0.310 e. The zero-order valence-electron chi connectivity index (χ0n) is 19.6. The van der Waals surface area contributed by atoms with Crippen molar-refractivity contribution in [3.63, 3.8) is 0 Å². The predicted molar refractivity (Wildman–Crippen MR) is 131 cm³/mol. The van der Waals surface area contributed by atoms with Gasteiger partial charge in [0.2, 0.25) is 5.78 Å². The van der Waals surface area contributed by atoms with E-state index in [-0.39, 0.29) is 28.7 Å². The summed E-state index contributed by atoms with van der Waals surface area (Å²) in [7, 11) is 4.50. The van der Waals surface area contributed by atoms with Crippen LogP contribution >= 0.6 is 0 Å². The summed E-state index contributed by atoms with van der Waals surface area (Å²) in [6.45, 7) is 1.77. The maximum absolute atomic E-state index is 13.6. The molecule has 2 heterocycles. The number of ketones is 1. The number of hydrogen-bond acceptors (Lipinski definition) is 6. The van der Waals surface area contributed by atoms with E-state index in [0.717, 1.165) is 0 Å². The van der Waals surface area contributed by atoms with Crippen LogP contribution in [0.1, 0.15) is 32.0 Å². The minimum atomic E-state index is -0.567.